The van der Waals surface area contributed by atoms with E-state index in [1.807, 2.05) is 18.2 Å². The Labute approximate surface area is 101 Å². The Morgan fingerprint density at radius 3 is 2.71 bits per heavy atom. The number of aryl methyl sites for hydroxylation is 1. The molecule has 0 saturated heterocycles. The molecule has 1 atom stereocenters. The van der Waals surface area contributed by atoms with Crippen LogP contribution in [0.3, 0.4) is 0 Å². The van der Waals surface area contributed by atoms with Crippen molar-refractivity contribution in [1.29, 1.82) is 0 Å². The quantitative estimate of drug-likeness (QED) is 0.728. The molecule has 0 aromatic heterocycles. The van der Waals surface area contributed by atoms with E-state index in [4.69, 9.17) is 0 Å². The number of hydrogen-bond donors (Lipinski definition) is 2. The number of hydrogen-bond acceptors (Lipinski definition) is 2. The third-order valence-corrected chi connectivity index (χ3v) is 3.32. The van der Waals surface area contributed by atoms with Crippen molar-refractivity contribution in [1.82, 2.24) is 0 Å². The lowest BCUT2D eigenvalue weighted by molar-refractivity contribution is 0.474. The summed E-state index contributed by atoms with van der Waals surface area (Å²) in [6, 6.07) is 16.4. The smallest absolute Gasteiger partial charge is 0.116 e. The highest BCUT2D eigenvalue weighted by molar-refractivity contribution is 5.57. The van der Waals surface area contributed by atoms with E-state index in [9.17, 15) is 5.11 Å². The van der Waals surface area contributed by atoms with Gasteiger partial charge in [0.2, 0.25) is 0 Å². The lowest BCUT2D eigenvalue weighted by Crippen LogP contribution is -2.17. The molecule has 2 heteroatoms. The van der Waals surface area contributed by atoms with Crippen molar-refractivity contribution >= 4 is 5.69 Å². The van der Waals surface area contributed by atoms with Crippen LogP contribution >= 0.6 is 0 Å². The van der Waals surface area contributed by atoms with Crippen LogP contribution in [0.2, 0.25) is 0 Å². The van der Waals surface area contributed by atoms with Gasteiger partial charge in [-0.25, -0.2) is 0 Å². The zero-order chi connectivity index (χ0) is 11.7. The van der Waals surface area contributed by atoms with Gasteiger partial charge in [-0.15, -0.1) is 0 Å². The fraction of sp³-hybridized carbons (Fsp3) is 0.200. The molecule has 0 fully saturated rings. The molecule has 0 aliphatic carbocycles. The highest BCUT2D eigenvalue weighted by Gasteiger charge is 2.18. The van der Waals surface area contributed by atoms with Gasteiger partial charge in [-0.3, -0.25) is 0 Å². The molecule has 1 aliphatic heterocycles. The van der Waals surface area contributed by atoms with Crippen LogP contribution < -0.4 is 5.32 Å². The number of fused-ring (bicyclic) bond motifs is 1. The molecule has 0 saturated carbocycles. The topological polar surface area (TPSA) is 32.3 Å². The van der Waals surface area contributed by atoms with Crippen molar-refractivity contribution in [2.75, 3.05) is 5.32 Å². The predicted molar refractivity (Wildman–Crippen MR) is 69.2 cm³/mol. The summed E-state index contributed by atoms with van der Waals surface area (Å²) < 4.78 is 0. The van der Waals surface area contributed by atoms with Gasteiger partial charge in [-0.2, -0.15) is 0 Å². The average molecular weight is 225 g/mol. The highest BCUT2D eigenvalue weighted by Crippen LogP contribution is 2.33. The Hall–Kier alpha value is -1.96. The zero-order valence-electron chi connectivity index (χ0n) is 9.56. The van der Waals surface area contributed by atoms with E-state index in [-0.39, 0.29) is 0 Å². The number of rotatable bonds is 1. The molecule has 0 bridgehead atoms. The van der Waals surface area contributed by atoms with Crippen LogP contribution in [0.4, 0.5) is 5.69 Å². The van der Waals surface area contributed by atoms with Gasteiger partial charge < -0.3 is 10.4 Å². The second-order valence-electron chi connectivity index (χ2n) is 4.49. The van der Waals surface area contributed by atoms with Crippen LogP contribution in [0.25, 0.3) is 0 Å². The van der Waals surface area contributed by atoms with E-state index in [0.29, 0.717) is 11.8 Å². The molecule has 17 heavy (non-hydrogen) atoms. The average Bonchev–Trinajstić information content (AvgIpc) is 2.39. The molecule has 1 unspecified atom stereocenters. The molecule has 0 radical (unpaired) electrons. The largest absolute Gasteiger partial charge is 0.508 e. The van der Waals surface area contributed by atoms with Crippen LogP contribution in [0.1, 0.15) is 23.6 Å². The van der Waals surface area contributed by atoms with E-state index in [1.54, 1.807) is 6.07 Å². The number of phenols is 1. The lowest BCUT2D eigenvalue weighted by atomic mass is 9.93. The molecule has 2 N–H and O–H groups in total. The first-order valence-corrected chi connectivity index (χ1v) is 5.96. The number of benzene rings is 2. The van der Waals surface area contributed by atoms with Gasteiger partial charge in [-0.05, 0) is 42.2 Å². The van der Waals surface area contributed by atoms with Crippen molar-refractivity contribution < 1.29 is 5.11 Å². The molecule has 0 spiro atoms. The summed E-state index contributed by atoms with van der Waals surface area (Å²) in [5.41, 5.74) is 3.67. The minimum Gasteiger partial charge on any atom is -0.508 e. The Balaban J connectivity index is 1.88. The minimum atomic E-state index is 0.351. The zero-order valence-corrected chi connectivity index (χ0v) is 9.56. The third-order valence-electron chi connectivity index (χ3n) is 3.32. The predicted octanol–water partition coefficient (Wildman–Crippen LogP) is 3.49. The van der Waals surface area contributed by atoms with Gasteiger partial charge >= 0.3 is 0 Å². The molecule has 1 heterocycles. The van der Waals surface area contributed by atoms with Gasteiger partial charge in [0, 0.05) is 5.69 Å². The van der Waals surface area contributed by atoms with Crippen molar-refractivity contribution in [3.05, 3.63) is 59.7 Å². The molecule has 0 amide bonds. The molecule has 2 aromatic carbocycles. The number of aromatic hydroxyl groups is 1. The highest BCUT2D eigenvalue weighted by atomic mass is 16.3. The Bertz CT molecular complexity index is 522. The van der Waals surface area contributed by atoms with E-state index in [0.717, 1.165) is 18.5 Å². The summed E-state index contributed by atoms with van der Waals surface area (Å²) in [7, 11) is 0. The minimum absolute atomic E-state index is 0.351. The van der Waals surface area contributed by atoms with E-state index in [1.165, 1.54) is 11.1 Å². The second-order valence-corrected chi connectivity index (χ2v) is 4.49. The molecule has 2 aromatic rings. The second kappa shape index (κ2) is 4.13. The van der Waals surface area contributed by atoms with E-state index in [2.05, 4.69) is 29.6 Å². The first-order chi connectivity index (χ1) is 8.33. The van der Waals surface area contributed by atoms with Crippen molar-refractivity contribution in [2.24, 2.45) is 0 Å². The third kappa shape index (κ3) is 1.98. The van der Waals surface area contributed by atoms with Crippen LogP contribution in [-0.4, -0.2) is 5.11 Å². The summed E-state index contributed by atoms with van der Waals surface area (Å²) in [5.74, 6) is 0.351. The van der Waals surface area contributed by atoms with Crippen LogP contribution in [0.15, 0.2) is 48.5 Å². The number of phenolic OH excluding ortho intramolecular Hbond substituents is 1. The van der Waals surface area contributed by atoms with Crippen molar-refractivity contribution in [3.8, 4) is 5.75 Å². The maximum absolute atomic E-state index is 9.44. The monoisotopic (exact) mass is 225 g/mol. The summed E-state index contributed by atoms with van der Waals surface area (Å²) in [4.78, 5) is 0. The maximum atomic E-state index is 9.44. The first kappa shape index (κ1) is 10.2. The fourth-order valence-corrected chi connectivity index (χ4v) is 2.42. The Morgan fingerprint density at radius 1 is 1.06 bits per heavy atom. The van der Waals surface area contributed by atoms with Crippen molar-refractivity contribution in [2.45, 2.75) is 18.9 Å². The molecule has 86 valence electrons. The molecular formula is C15H15NO. The lowest BCUT2D eigenvalue weighted by Gasteiger charge is -2.27. The number of nitrogens with one attached hydrogen (secondary N) is 1. The van der Waals surface area contributed by atoms with Gasteiger partial charge in [0.25, 0.3) is 0 Å². The maximum Gasteiger partial charge on any atom is 0.116 e. The van der Waals surface area contributed by atoms with Gasteiger partial charge in [0.05, 0.1) is 6.04 Å². The summed E-state index contributed by atoms with van der Waals surface area (Å²) in [6.07, 6.45) is 2.08. The SMILES string of the molecule is Oc1ccc2c(c1)CCC(c1ccccc1)N2. The summed E-state index contributed by atoms with van der Waals surface area (Å²) >= 11 is 0. The van der Waals surface area contributed by atoms with Gasteiger partial charge in [-0.1, -0.05) is 30.3 Å². The molecular weight excluding hydrogens is 210 g/mol. The molecule has 2 nitrogen and oxygen atoms in total. The van der Waals surface area contributed by atoms with Crippen LogP contribution in [0, 0.1) is 0 Å². The first-order valence-electron chi connectivity index (χ1n) is 5.96. The molecule has 3 rings (SSSR count). The molecule has 1 aliphatic rings. The van der Waals surface area contributed by atoms with Gasteiger partial charge in [0.1, 0.15) is 5.75 Å². The fourth-order valence-electron chi connectivity index (χ4n) is 2.42. The van der Waals surface area contributed by atoms with Gasteiger partial charge in [0.15, 0.2) is 0 Å². The summed E-state index contributed by atoms with van der Waals surface area (Å²) in [5, 5.41) is 13.0. The summed E-state index contributed by atoms with van der Waals surface area (Å²) in [6.45, 7) is 0. The number of anilines is 1. The van der Waals surface area contributed by atoms with E-state index < -0.39 is 0 Å². The standard InChI is InChI=1S/C15H15NO/c17-13-7-9-15-12(10-13)6-8-14(16-15)11-4-2-1-3-5-11/h1-5,7,9-10,14,16-17H,6,8H2. The van der Waals surface area contributed by atoms with Crippen molar-refractivity contribution in [3.63, 3.8) is 0 Å². The normalized spacial score (nSPS) is 18.2. The van der Waals surface area contributed by atoms with E-state index >= 15 is 0 Å². The Kier molecular flexibility index (Phi) is 2.48. The Morgan fingerprint density at radius 2 is 1.88 bits per heavy atom. The van der Waals surface area contributed by atoms with Crippen LogP contribution in [0.5, 0.6) is 5.75 Å². The van der Waals surface area contributed by atoms with Crippen LogP contribution in [-0.2, 0) is 6.42 Å².